The molecule has 0 saturated heterocycles. The predicted molar refractivity (Wildman–Crippen MR) is 77.5 cm³/mol. The third-order valence-electron chi connectivity index (χ3n) is 4.40. The number of aliphatic hydroxyl groups is 1. The SMILES string of the molecule is CCOP(=O)(Cc1c(F)cccc1F)[C@@]1(C)C[C@H]1CCO. The maximum absolute atomic E-state index is 13.8. The average molecular weight is 318 g/mol. The molecule has 0 spiro atoms. The summed E-state index contributed by atoms with van der Waals surface area (Å²) < 4.78 is 46.3. The van der Waals surface area contributed by atoms with E-state index in [1.54, 1.807) is 6.92 Å². The predicted octanol–water partition coefficient (Wildman–Crippen LogP) is 3.94. The van der Waals surface area contributed by atoms with E-state index in [0.717, 1.165) is 12.1 Å². The third-order valence-corrected chi connectivity index (χ3v) is 7.91. The van der Waals surface area contributed by atoms with Crippen LogP contribution in [0.2, 0.25) is 0 Å². The lowest BCUT2D eigenvalue weighted by Crippen LogP contribution is -2.14. The molecule has 1 aliphatic rings. The number of halogens is 2. The number of benzene rings is 1. The molecule has 1 aromatic carbocycles. The monoisotopic (exact) mass is 318 g/mol. The molecule has 3 nitrogen and oxygen atoms in total. The Kier molecular flexibility index (Phi) is 4.86. The maximum Gasteiger partial charge on any atom is 0.213 e. The molecule has 0 radical (unpaired) electrons. The minimum absolute atomic E-state index is 0.0143. The molecule has 1 saturated carbocycles. The van der Waals surface area contributed by atoms with Gasteiger partial charge in [-0.2, -0.15) is 0 Å². The van der Waals surface area contributed by atoms with Gasteiger partial charge in [-0.05, 0) is 37.8 Å². The van der Waals surface area contributed by atoms with Crippen LogP contribution in [0.25, 0.3) is 0 Å². The summed E-state index contributed by atoms with van der Waals surface area (Å²) in [5.41, 5.74) is -0.176. The van der Waals surface area contributed by atoms with Gasteiger partial charge in [0.25, 0.3) is 0 Å². The molecule has 3 atom stereocenters. The van der Waals surface area contributed by atoms with E-state index < -0.39 is 24.2 Å². The van der Waals surface area contributed by atoms with E-state index in [-0.39, 0.29) is 30.9 Å². The van der Waals surface area contributed by atoms with Gasteiger partial charge in [0, 0.05) is 17.3 Å². The van der Waals surface area contributed by atoms with Crippen molar-refractivity contribution in [1.29, 1.82) is 0 Å². The minimum atomic E-state index is -3.24. The van der Waals surface area contributed by atoms with Crippen molar-refractivity contribution >= 4 is 7.37 Å². The number of aliphatic hydroxyl groups excluding tert-OH is 1. The van der Waals surface area contributed by atoms with Crippen molar-refractivity contribution < 1.29 is 23.0 Å². The van der Waals surface area contributed by atoms with Gasteiger partial charge in [-0.15, -0.1) is 0 Å². The minimum Gasteiger partial charge on any atom is -0.396 e. The summed E-state index contributed by atoms with van der Waals surface area (Å²) in [5, 5.41) is 8.44. The summed E-state index contributed by atoms with van der Waals surface area (Å²) >= 11 is 0. The van der Waals surface area contributed by atoms with E-state index in [0.29, 0.717) is 12.8 Å². The zero-order chi connectivity index (χ0) is 15.7. The molecule has 1 N–H and O–H groups in total. The van der Waals surface area contributed by atoms with Gasteiger partial charge in [0.15, 0.2) is 0 Å². The van der Waals surface area contributed by atoms with Crippen molar-refractivity contribution in [2.75, 3.05) is 13.2 Å². The van der Waals surface area contributed by atoms with Gasteiger partial charge >= 0.3 is 0 Å². The molecule has 1 aliphatic carbocycles. The molecule has 0 aliphatic heterocycles. The molecule has 1 aromatic rings. The Morgan fingerprint density at radius 3 is 2.57 bits per heavy atom. The quantitative estimate of drug-likeness (QED) is 0.775. The lowest BCUT2D eigenvalue weighted by atomic mass is 10.2. The van der Waals surface area contributed by atoms with Crippen molar-refractivity contribution in [3.8, 4) is 0 Å². The largest absolute Gasteiger partial charge is 0.396 e. The second-order valence-corrected chi connectivity index (χ2v) is 8.66. The normalized spacial score (nSPS) is 27.4. The van der Waals surface area contributed by atoms with E-state index in [1.165, 1.54) is 6.07 Å². The molecular weight excluding hydrogens is 297 g/mol. The molecule has 1 unspecified atom stereocenters. The molecular formula is C15H21F2O3P. The number of rotatable bonds is 7. The van der Waals surface area contributed by atoms with Crippen LogP contribution in [0.5, 0.6) is 0 Å². The van der Waals surface area contributed by atoms with Crippen molar-refractivity contribution in [3.05, 3.63) is 35.4 Å². The first-order valence-corrected chi connectivity index (χ1v) is 8.96. The van der Waals surface area contributed by atoms with Crippen molar-refractivity contribution in [2.24, 2.45) is 5.92 Å². The Morgan fingerprint density at radius 2 is 2.05 bits per heavy atom. The van der Waals surface area contributed by atoms with Gasteiger partial charge in [-0.1, -0.05) is 13.0 Å². The van der Waals surface area contributed by atoms with Gasteiger partial charge in [0.1, 0.15) is 11.6 Å². The molecule has 118 valence electrons. The number of hydrogen-bond acceptors (Lipinski definition) is 3. The molecule has 0 amide bonds. The van der Waals surface area contributed by atoms with Crippen molar-refractivity contribution in [3.63, 3.8) is 0 Å². The summed E-state index contributed by atoms with van der Waals surface area (Å²) in [5.74, 6) is -1.31. The summed E-state index contributed by atoms with van der Waals surface area (Å²) in [4.78, 5) is 0. The van der Waals surface area contributed by atoms with Crippen molar-refractivity contribution in [2.45, 2.75) is 38.0 Å². The van der Waals surface area contributed by atoms with Gasteiger partial charge in [0.2, 0.25) is 7.37 Å². The summed E-state index contributed by atoms with van der Waals surface area (Å²) in [6.07, 6.45) is 0.950. The third kappa shape index (κ3) is 3.05. The van der Waals surface area contributed by atoms with E-state index >= 15 is 0 Å². The van der Waals surface area contributed by atoms with Crippen LogP contribution >= 0.6 is 7.37 Å². The highest BCUT2D eigenvalue weighted by Gasteiger charge is 2.62. The van der Waals surface area contributed by atoms with E-state index in [9.17, 15) is 13.3 Å². The highest BCUT2D eigenvalue weighted by Crippen LogP contribution is 2.75. The van der Waals surface area contributed by atoms with Crippen LogP contribution in [0.4, 0.5) is 8.78 Å². The Balaban J connectivity index is 2.30. The molecule has 1 fully saturated rings. The highest BCUT2D eigenvalue weighted by molar-refractivity contribution is 7.60. The van der Waals surface area contributed by atoms with Crippen LogP contribution in [-0.4, -0.2) is 23.5 Å². The molecule has 6 heteroatoms. The fraction of sp³-hybridized carbons (Fsp3) is 0.600. The van der Waals surface area contributed by atoms with Gasteiger partial charge < -0.3 is 9.63 Å². The second kappa shape index (κ2) is 6.15. The van der Waals surface area contributed by atoms with Crippen molar-refractivity contribution in [1.82, 2.24) is 0 Å². The van der Waals surface area contributed by atoms with E-state index in [1.807, 2.05) is 6.92 Å². The van der Waals surface area contributed by atoms with Gasteiger partial charge in [-0.25, -0.2) is 8.78 Å². The second-order valence-electron chi connectivity index (χ2n) is 5.72. The average Bonchev–Trinajstić information content (AvgIpc) is 3.08. The highest BCUT2D eigenvalue weighted by atomic mass is 31.2. The molecule has 0 aromatic heterocycles. The Hall–Kier alpha value is -0.770. The summed E-state index contributed by atoms with van der Waals surface area (Å²) in [6.45, 7) is 3.79. The van der Waals surface area contributed by atoms with E-state index in [2.05, 4.69) is 0 Å². The number of hydrogen-bond donors (Lipinski definition) is 1. The van der Waals surface area contributed by atoms with Crippen LogP contribution in [0.1, 0.15) is 32.3 Å². The maximum atomic E-state index is 13.8. The topological polar surface area (TPSA) is 46.5 Å². The molecule has 0 bridgehead atoms. The molecule has 0 heterocycles. The lowest BCUT2D eigenvalue weighted by Gasteiger charge is -2.26. The van der Waals surface area contributed by atoms with Gasteiger partial charge in [0.05, 0.1) is 12.8 Å². The molecule has 2 rings (SSSR count). The first kappa shape index (κ1) is 16.6. The van der Waals surface area contributed by atoms with Crippen LogP contribution in [0.3, 0.4) is 0 Å². The Bertz CT molecular complexity index is 544. The fourth-order valence-electron chi connectivity index (χ4n) is 2.90. The Labute approximate surface area is 123 Å². The van der Waals surface area contributed by atoms with Gasteiger partial charge in [-0.3, -0.25) is 4.57 Å². The summed E-state index contributed by atoms with van der Waals surface area (Å²) in [7, 11) is -3.24. The Morgan fingerprint density at radius 1 is 1.43 bits per heavy atom. The fourth-order valence-corrected chi connectivity index (χ4v) is 5.97. The van der Waals surface area contributed by atoms with Crippen LogP contribution in [0.15, 0.2) is 18.2 Å². The molecule has 21 heavy (non-hydrogen) atoms. The first-order chi connectivity index (χ1) is 9.88. The van der Waals surface area contributed by atoms with Crippen LogP contribution < -0.4 is 0 Å². The summed E-state index contributed by atoms with van der Waals surface area (Å²) in [6, 6.07) is 3.61. The standard InChI is InChI=1S/C15H21F2O3P/c1-3-20-21(19,15(2)9-11(15)7-8-18)10-12-13(16)5-4-6-14(12)17/h4-6,11,18H,3,7-10H2,1-2H3/t11-,15+,21?/m1/s1. The van der Waals surface area contributed by atoms with E-state index in [4.69, 9.17) is 9.63 Å². The lowest BCUT2D eigenvalue weighted by molar-refractivity contribution is 0.275. The smallest absolute Gasteiger partial charge is 0.213 e. The zero-order valence-corrected chi connectivity index (χ0v) is 13.2. The van der Waals surface area contributed by atoms with Crippen LogP contribution in [0, 0.1) is 17.6 Å². The first-order valence-electron chi connectivity index (χ1n) is 7.15. The van der Waals surface area contributed by atoms with Crippen LogP contribution in [-0.2, 0) is 15.3 Å². The zero-order valence-electron chi connectivity index (χ0n) is 12.3.